The van der Waals surface area contributed by atoms with Gasteiger partial charge in [0.25, 0.3) is 0 Å². The smallest absolute Gasteiger partial charge is 0.152 e. The van der Waals surface area contributed by atoms with Crippen molar-refractivity contribution in [2.24, 2.45) is 4.36 Å². The molecule has 2 aromatic rings. The second-order valence-corrected chi connectivity index (χ2v) is 8.21. The van der Waals surface area contributed by atoms with Gasteiger partial charge in [0.2, 0.25) is 0 Å². The molecule has 0 aliphatic carbocycles. The predicted octanol–water partition coefficient (Wildman–Crippen LogP) is 3.39. The number of morpholine rings is 1. The number of nitrogens with zero attached hydrogens (tertiary/aromatic N) is 2. The van der Waals surface area contributed by atoms with Gasteiger partial charge < -0.3 is 4.74 Å². The topological polar surface area (TPSA) is 41.9 Å². The van der Waals surface area contributed by atoms with Crippen LogP contribution in [-0.2, 0) is 14.7 Å². The van der Waals surface area contributed by atoms with Crippen molar-refractivity contribution in [1.82, 2.24) is 4.31 Å². The Balaban J connectivity index is 2.02. The average molecular weight is 354 g/mol. The molecule has 1 aliphatic heterocycles. The highest BCUT2D eigenvalue weighted by Gasteiger charge is 2.24. The van der Waals surface area contributed by atoms with Gasteiger partial charge in [-0.2, -0.15) is 0 Å². The highest BCUT2D eigenvalue weighted by atomic mass is 32.2. The SMILES string of the molecule is Cc1ccc(S(=O)(=NC#Cc2cccc(C)c2)N2CCOCC2)cc1. The normalized spacial score (nSPS) is 17.2. The van der Waals surface area contributed by atoms with Crippen molar-refractivity contribution in [3.63, 3.8) is 0 Å². The Morgan fingerprint density at radius 1 is 1.04 bits per heavy atom. The third-order valence-electron chi connectivity index (χ3n) is 4.04. The Labute approximate surface area is 150 Å². The third kappa shape index (κ3) is 4.29. The molecule has 1 atom stereocenters. The summed E-state index contributed by atoms with van der Waals surface area (Å²) in [5.41, 5.74) is 3.13. The van der Waals surface area contributed by atoms with E-state index in [1.165, 1.54) is 0 Å². The molecule has 0 N–H and O–H groups in total. The molecule has 130 valence electrons. The van der Waals surface area contributed by atoms with Gasteiger partial charge in [0.15, 0.2) is 9.92 Å². The molecular weight excluding hydrogens is 332 g/mol. The maximum absolute atomic E-state index is 13.7. The average Bonchev–Trinajstić information content (AvgIpc) is 2.63. The number of aryl methyl sites for hydroxylation is 2. The lowest BCUT2D eigenvalue weighted by molar-refractivity contribution is 0.0745. The summed E-state index contributed by atoms with van der Waals surface area (Å²) in [6, 6.07) is 18.4. The molecular formula is C20H22N2O2S. The van der Waals surface area contributed by atoms with E-state index in [-0.39, 0.29) is 0 Å². The van der Waals surface area contributed by atoms with Crippen molar-refractivity contribution >= 4 is 9.92 Å². The van der Waals surface area contributed by atoms with E-state index in [1.54, 1.807) is 0 Å². The third-order valence-corrected chi connectivity index (χ3v) is 6.33. The summed E-state index contributed by atoms with van der Waals surface area (Å²) in [4.78, 5) is 0.693. The van der Waals surface area contributed by atoms with Gasteiger partial charge in [-0.25, -0.2) is 8.51 Å². The first-order valence-corrected chi connectivity index (χ1v) is 9.78. The number of hydrogen-bond donors (Lipinski definition) is 0. The van der Waals surface area contributed by atoms with Gasteiger partial charge in [-0.1, -0.05) is 29.8 Å². The molecule has 25 heavy (non-hydrogen) atoms. The minimum absolute atomic E-state index is 0.559. The van der Waals surface area contributed by atoms with E-state index < -0.39 is 9.92 Å². The molecule has 1 heterocycles. The van der Waals surface area contributed by atoms with Crippen LogP contribution in [0.25, 0.3) is 0 Å². The summed E-state index contributed by atoms with van der Waals surface area (Å²) in [5, 5.41) is 0. The molecule has 5 heteroatoms. The Bertz CT molecular complexity index is 911. The van der Waals surface area contributed by atoms with E-state index in [0.717, 1.165) is 16.7 Å². The van der Waals surface area contributed by atoms with Crippen LogP contribution >= 0.6 is 0 Å². The van der Waals surface area contributed by atoms with Crippen LogP contribution in [0.2, 0.25) is 0 Å². The van der Waals surface area contributed by atoms with Gasteiger partial charge in [0, 0.05) is 18.7 Å². The van der Waals surface area contributed by atoms with Crippen molar-refractivity contribution in [3.05, 3.63) is 65.2 Å². The van der Waals surface area contributed by atoms with E-state index in [2.05, 4.69) is 16.3 Å². The predicted molar refractivity (Wildman–Crippen MR) is 100 cm³/mol. The van der Waals surface area contributed by atoms with Gasteiger partial charge in [-0.05, 0) is 49.6 Å². The van der Waals surface area contributed by atoms with Crippen LogP contribution in [0.3, 0.4) is 0 Å². The van der Waals surface area contributed by atoms with Crippen molar-refractivity contribution in [2.45, 2.75) is 18.7 Å². The summed E-state index contributed by atoms with van der Waals surface area (Å²) in [6.45, 7) is 6.32. The number of benzene rings is 2. The summed E-state index contributed by atoms with van der Waals surface area (Å²) in [7, 11) is -2.76. The van der Waals surface area contributed by atoms with Gasteiger partial charge in [-0.3, -0.25) is 0 Å². The molecule has 4 nitrogen and oxygen atoms in total. The summed E-state index contributed by atoms with van der Waals surface area (Å²) in [6.07, 6.45) is 0. The Kier molecular flexibility index (Phi) is 5.54. The molecule has 0 radical (unpaired) electrons. The lowest BCUT2D eigenvalue weighted by Gasteiger charge is -2.28. The first-order valence-electron chi connectivity index (χ1n) is 8.31. The summed E-state index contributed by atoms with van der Waals surface area (Å²) in [5.74, 6) is 3.01. The molecule has 2 aromatic carbocycles. The quantitative estimate of drug-likeness (QED) is 0.776. The molecule has 1 fully saturated rings. The van der Waals surface area contributed by atoms with Crippen LogP contribution in [0.5, 0.6) is 0 Å². The van der Waals surface area contributed by atoms with E-state index in [9.17, 15) is 4.21 Å². The highest BCUT2D eigenvalue weighted by molar-refractivity contribution is 7.91. The largest absolute Gasteiger partial charge is 0.379 e. The van der Waals surface area contributed by atoms with E-state index >= 15 is 0 Å². The molecule has 0 amide bonds. The van der Waals surface area contributed by atoms with E-state index in [4.69, 9.17) is 4.74 Å². The van der Waals surface area contributed by atoms with Gasteiger partial charge in [0.05, 0.1) is 24.2 Å². The van der Waals surface area contributed by atoms with Crippen molar-refractivity contribution in [1.29, 1.82) is 0 Å². The van der Waals surface area contributed by atoms with Gasteiger partial charge >= 0.3 is 0 Å². The van der Waals surface area contributed by atoms with Crippen LogP contribution < -0.4 is 0 Å². The summed E-state index contributed by atoms with van der Waals surface area (Å²) >= 11 is 0. The lowest BCUT2D eigenvalue weighted by atomic mass is 10.1. The fraction of sp³-hybridized carbons (Fsp3) is 0.300. The maximum atomic E-state index is 13.7. The highest BCUT2D eigenvalue weighted by Crippen LogP contribution is 2.20. The number of ether oxygens (including phenoxy) is 1. The van der Waals surface area contributed by atoms with Crippen LogP contribution in [0.15, 0.2) is 57.8 Å². The zero-order chi connectivity index (χ0) is 17.7. The number of rotatable bonds is 2. The Morgan fingerprint density at radius 3 is 2.44 bits per heavy atom. The fourth-order valence-electron chi connectivity index (χ4n) is 2.64. The standard InChI is InChI=1S/C20H22N2O2S/c1-17-6-8-20(9-7-17)25(23,22-12-14-24-15-13-22)21-11-10-19-5-3-4-18(2)16-19/h3-9,16H,12-15H2,1-2H3. The zero-order valence-electron chi connectivity index (χ0n) is 14.6. The molecule has 0 saturated carbocycles. The Morgan fingerprint density at radius 2 is 1.76 bits per heavy atom. The Hall–Kier alpha value is -2.13. The van der Waals surface area contributed by atoms with Crippen LogP contribution in [0.4, 0.5) is 0 Å². The first-order chi connectivity index (χ1) is 12.1. The second kappa shape index (κ2) is 7.83. The second-order valence-electron chi connectivity index (χ2n) is 6.05. The van der Waals surface area contributed by atoms with Gasteiger partial charge in [0.1, 0.15) is 0 Å². The lowest BCUT2D eigenvalue weighted by Crippen LogP contribution is -2.40. The fourth-order valence-corrected chi connectivity index (χ4v) is 4.46. The van der Waals surface area contributed by atoms with E-state index in [0.29, 0.717) is 31.2 Å². The molecule has 1 unspecified atom stereocenters. The molecule has 0 bridgehead atoms. The molecule has 0 spiro atoms. The van der Waals surface area contributed by atoms with Crippen molar-refractivity contribution in [2.75, 3.05) is 26.3 Å². The summed E-state index contributed by atoms with van der Waals surface area (Å²) < 4.78 is 25.3. The van der Waals surface area contributed by atoms with Crippen molar-refractivity contribution in [3.8, 4) is 12.0 Å². The molecule has 0 aromatic heterocycles. The molecule has 3 rings (SSSR count). The minimum atomic E-state index is -2.76. The van der Waals surface area contributed by atoms with E-state index in [1.807, 2.05) is 66.7 Å². The monoisotopic (exact) mass is 354 g/mol. The van der Waals surface area contributed by atoms with Crippen LogP contribution in [0.1, 0.15) is 16.7 Å². The number of hydrogen-bond acceptors (Lipinski definition) is 3. The molecule has 1 saturated heterocycles. The molecule has 1 aliphatic rings. The zero-order valence-corrected chi connectivity index (χ0v) is 15.4. The van der Waals surface area contributed by atoms with Crippen molar-refractivity contribution < 1.29 is 8.95 Å². The minimum Gasteiger partial charge on any atom is -0.379 e. The first kappa shape index (κ1) is 17.7. The maximum Gasteiger partial charge on any atom is 0.152 e. The van der Waals surface area contributed by atoms with Crippen LogP contribution in [-0.4, -0.2) is 34.8 Å². The van der Waals surface area contributed by atoms with Crippen LogP contribution in [0, 0.1) is 25.8 Å². The van der Waals surface area contributed by atoms with Gasteiger partial charge in [-0.15, -0.1) is 4.36 Å².